The molecule has 0 saturated heterocycles. The molecule has 8 nitrogen and oxygen atoms in total. The minimum atomic E-state index is -0.548. The Balaban J connectivity index is 2.52. The maximum absolute atomic E-state index is 10.8. The van der Waals surface area contributed by atoms with E-state index in [2.05, 4.69) is 15.3 Å². The van der Waals surface area contributed by atoms with Crippen LogP contribution in [0.15, 0.2) is 6.20 Å². The number of methoxy groups -OCH3 is 1. The third kappa shape index (κ3) is 5.33. The van der Waals surface area contributed by atoms with Crippen LogP contribution in [-0.4, -0.2) is 60.2 Å². The fourth-order valence-electron chi connectivity index (χ4n) is 1.34. The molecular formula is C10H16ClN5O3. The quantitative estimate of drug-likeness (QED) is 0.434. The average Bonchev–Trinajstić information content (AvgIpc) is 2.36. The van der Waals surface area contributed by atoms with Crippen molar-refractivity contribution >= 4 is 23.1 Å². The van der Waals surface area contributed by atoms with E-state index in [9.17, 15) is 10.1 Å². The van der Waals surface area contributed by atoms with Gasteiger partial charge in [0.25, 0.3) is 0 Å². The Hall–Kier alpha value is -1.51. The number of halogens is 1. The molecule has 0 radical (unpaired) electrons. The minimum Gasteiger partial charge on any atom is -0.383 e. The van der Waals surface area contributed by atoms with Crippen LogP contribution in [0.4, 0.5) is 11.5 Å². The molecule has 0 amide bonds. The van der Waals surface area contributed by atoms with E-state index >= 15 is 0 Å². The third-order valence-electron chi connectivity index (χ3n) is 2.40. The number of rotatable bonds is 8. The van der Waals surface area contributed by atoms with E-state index in [0.29, 0.717) is 19.7 Å². The lowest BCUT2D eigenvalue weighted by molar-refractivity contribution is -0.384. The lowest BCUT2D eigenvalue weighted by atomic mass is 10.4. The molecule has 9 heteroatoms. The summed E-state index contributed by atoms with van der Waals surface area (Å²) in [5, 5.41) is 13.6. The van der Waals surface area contributed by atoms with Gasteiger partial charge in [0.1, 0.15) is 6.20 Å². The predicted molar refractivity (Wildman–Crippen MR) is 71.6 cm³/mol. The number of ether oxygens (including phenoxy) is 1. The van der Waals surface area contributed by atoms with Crippen LogP contribution in [0.25, 0.3) is 0 Å². The summed E-state index contributed by atoms with van der Waals surface area (Å²) in [6.45, 7) is 2.62. The first-order valence-corrected chi connectivity index (χ1v) is 6.00. The molecule has 0 bridgehead atoms. The van der Waals surface area contributed by atoms with Crippen molar-refractivity contribution in [2.24, 2.45) is 0 Å². The van der Waals surface area contributed by atoms with Crippen LogP contribution in [0, 0.1) is 10.1 Å². The number of nitrogens with one attached hydrogen (secondary N) is 1. The van der Waals surface area contributed by atoms with Gasteiger partial charge >= 0.3 is 5.69 Å². The van der Waals surface area contributed by atoms with Crippen LogP contribution in [0.1, 0.15) is 0 Å². The first-order chi connectivity index (χ1) is 9.04. The molecule has 0 saturated carbocycles. The molecule has 0 unspecified atom stereocenters. The fraction of sp³-hybridized carbons (Fsp3) is 0.600. The largest absolute Gasteiger partial charge is 0.383 e. The minimum absolute atomic E-state index is 0.0270. The molecule has 0 aliphatic rings. The van der Waals surface area contributed by atoms with Crippen molar-refractivity contribution in [2.75, 3.05) is 45.7 Å². The lowest BCUT2D eigenvalue weighted by Crippen LogP contribution is -2.28. The highest BCUT2D eigenvalue weighted by molar-refractivity contribution is 6.28. The molecule has 1 rings (SSSR count). The fourth-order valence-corrected chi connectivity index (χ4v) is 1.48. The average molecular weight is 290 g/mol. The Bertz CT molecular complexity index is 432. The van der Waals surface area contributed by atoms with Crippen molar-refractivity contribution in [3.8, 4) is 0 Å². The monoisotopic (exact) mass is 289 g/mol. The highest BCUT2D eigenvalue weighted by Crippen LogP contribution is 2.21. The van der Waals surface area contributed by atoms with Crippen LogP contribution in [0.3, 0.4) is 0 Å². The molecule has 1 aromatic rings. The second kappa shape index (κ2) is 7.82. The normalized spacial score (nSPS) is 10.7. The summed E-state index contributed by atoms with van der Waals surface area (Å²) < 4.78 is 4.95. The topological polar surface area (TPSA) is 93.4 Å². The van der Waals surface area contributed by atoms with Gasteiger partial charge in [0, 0.05) is 26.7 Å². The molecule has 0 atom stereocenters. The van der Waals surface area contributed by atoms with E-state index in [1.165, 1.54) is 0 Å². The summed E-state index contributed by atoms with van der Waals surface area (Å²) in [5.74, 6) is 0.130. The molecule has 0 fully saturated rings. The van der Waals surface area contributed by atoms with Crippen LogP contribution >= 0.6 is 11.6 Å². The number of hydrogen-bond donors (Lipinski definition) is 1. The zero-order chi connectivity index (χ0) is 14.3. The van der Waals surface area contributed by atoms with Gasteiger partial charge in [-0.05, 0) is 18.6 Å². The number of nitrogens with zero attached hydrogens (tertiary/aromatic N) is 4. The van der Waals surface area contributed by atoms with Crippen LogP contribution in [0.2, 0.25) is 5.28 Å². The predicted octanol–water partition coefficient (Wildman–Crippen LogP) is 1.03. The van der Waals surface area contributed by atoms with Gasteiger partial charge in [0.05, 0.1) is 11.5 Å². The molecule has 1 N–H and O–H groups in total. The number of nitro groups is 1. The first kappa shape index (κ1) is 15.5. The van der Waals surface area contributed by atoms with E-state index in [0.717, 1.165) is 12.7 Å². The molecule has 1 heterocycles. The first-order valence-electron chi connectivity index (χ1n) is 5.63. The van der Waals surface area contributed by atoms with Gasteiger partial charge in [0.2, 0.25) is 11.1 Å². The molecule has 0 spiro atoms. The number of aromatic nitrogens is 2. The van der Waals surface area contributed by atoms with Gasteiger partial charge in [-0.25, -0.2) is 4.98 Å². The molecular weight excluding hydrogens is 274 g/mol. The van der Waals surface area contributed by atoms with Crippen molar-refractivity contribution in [1.29, 1.82) is 0 Å². The van der Waals surface area contributed by atoms with E-state index < -0.39 is 4.92 Å². The number of anilines is 1. The van der Waals surface area contributed by atoms with Gasteiger partial charge in [-0.15, -0.1) is 0 Å². The summed E-state index contributed by atoms with van der Waals surface area (Å²) >= 11 is 5.62. The van der Waals surface area contributed by atoms with Gasteiger partial charge in [-0.3, -0.25) is 10.1 Å². The highest BCUT2D eigenvalue weighted by Gasteiger charge is 2.16. The maximum atomic E-state index is 10.8. The van der Waals surface area contributed by atoms with Crippen molar-refractivity contribution in [3.05, 3.63) is 21.6 Å². The molecule has 106 valence electrons. The number of hydrogen-bond acceptors (Lipinski definition) is 7. The second-order valence-corrected chi connectivity index (χ2v) is 4.19. The van der Waals surface area contributed by atoms with E-state index in [-0.39, 0.29) is 16.8 Å². The standard InChI is InChI=1S/C10H16ClN5O3/c1-15(5-6-19-2)4-3-12-9-8(16(17)18)7-13-10(11)14-9/h7H,3-6H2,1-2H3,(H,12,13,14). The Morgan fingerprint density at radius 2 is 2.32 bits per heavy atom. The molecule has 0 aliphatic heterocycles. The Labute approximate surface area is 115 Å². The SMILES string of the molecule is COCCN(C)CCNc1nc(Cl)ncc1[N+](=O)[O-]. The second-order valence-electron chi connectivity index (χ2n) is 3.85. The molecule has 0 aliphatic carbocycles. The maximum Gasteiger partial charge on any atom is 0.329 e. The molecule has 19 heavy (non-hydrogen) atoms. The highest BCUT2D eigenvalue weighted by atomic mass is 35.5. The van der Waals surface area contributed by atoms with E-state index in [1.807, 2.05) is 11.9 Å². The summed E-state index contributed by atoms with van der Waals surface area (Å²) in [6.07, 6.45) is 1.09. The zero-order valence-electron chi connectivity index (χ0n) is 10.8. The summed E-state index contributed by atoms with van der Waals surface area (Å²) in [6, 6.07) is 0. The Kier molecular flexibility index (Phi) is 6.40. The van der Waals surface area contributed by atoms with Gasteiger partial charge in [-0.1, -0.05) is 0 Å². The zero-order valence-corrected chi connectivity index (χ0v) is 11.6. The van der Waals surface area contributed by atoms with Gasteiger partial charge < -0.3 is 15.0 Å². The molecule has 0 aromatic carbocycles. The van der Waals surface area contributed by atoms with Gasteiger partial charge in [-0.2, -0.15) is 4.98 Å². The lowest BCUT2D eigenvalue weighted by Gasteiger charge is -2.16. The van der Waals surface area contributed by atoms with Crippen molar-refractivity contribution < 1.29 is 9.66 Å². The van der Waals surface area contributed by atoms with Crippen LogP contribution in [-0.2, 0) is 4.74 Å². The van der Waals surface area contributed by atoms with Gasteiger partial charge in [0.15, 0.2) is 0 Å². The Morgan fingerprint density at radius 1 is 1.58 bits per heavy atom. The summed E-state index contributed by atoms with van der Waals surface area (Å²) in [4.78, 5) is 19.7. The van der Waals surface area contributed by atoms with Crippen molar-refractivity contribution in [2.45, 2.75) is 0 Å². The van der Waals surface area contributed by atoms with Crippen molar-refractivity contribution in [3.63, 3.8) is 0 Å². The number of likely N-dealkylation sites (N-methyl/N-ethyl adjacent to an activating group) is 1. The summed E-state index contributed by atoms with van der Waals surface area (Å²) in [5.41, 5.74) is -0.191. The van der Waals surface area contributed by atoms with Crippen LogP contribution < -0.4 is 5.32 Å². The Morgan fingerprint density at radius 3 is 2.95 bits per heavy atom. The molecule has 1 aromatic heterocycles. The summed E-state index contributed by atoms with van der Waals surface area (Å²) in [7, 11) is 3.57. The van der Waals surface area contributed by atoms with Crippen LogP contribution in [0.5, 0.6) is 0 Å². The van der Waals surface area contributed by atoms with E-state index in [4.69, 9.17) is 16.3 Å². The van der Waals surface area contributed by atoms with E-state index in [1.54, 1.807) is 7.11 Å². The third-order valence-corrected chi connectivity index (χ3v) is 2.58. The smallest absolute Gasteiger partial charge is 0.329 e. The van der Waals surface area contributed by atoms with Crippen molar-refractivity contribution in [1.82, 2.24) is 14.9 Å².